The molecule has 0 atom stereocenters. The number of hydrogen-bond acceptors (Lipinski definition) is 3. The summed E-state index contributed by atoms with van der Waals surface area (Å²) in [6.07, 6.45) is -1.63. The van der Waals surface area contributed by atoms with Crippen molar-refractivity contribution in [3.05, 3.63) is 44.1 Å². The van der Waals surface area contributed by atoms with Crippen LogP contribution in [0.25, 0.3) is 10.9 Å². The Balaban J connectivity index is 3.19. The van der Waals surface area contributed by atoms with Crippen LogP contribution in [0.3, 0.4) is 0 Å². The molecule has 17 heavy (non-hydrogen) atoms. The minimum Gasteiger partial charge on any atom is -0.464 e. The fourth-order valence-corrected chi connectivity index (χ4v) is 1.87. The van der Waals surface area contributed by atoms with Crippen LogP contribution in [-0.2, 0) is 7.05 Å². The van der Waals surface area contributed by atoms with Crippen LogP contribution >= 0.6 is 11.6 Å². The van der Waals surface area contributed by atoms with Gasteiger partial charge < -0.3 is 5.11 Å². The van der Waals surface area contributed by atoms with Crippen molar-refractivity contribution in [2.75, 3.05) is 0 Å². The highest BCUT2D eigenvalue weighted by atomic mass is 35.5. The molecule has 1 N–H and O–H groups in total. The number of carbonyl (C=O) groups is 1. The molecule has 88 valence electrons. The first-order valence-electron chi connectivity index (χ1n) is 4.58. The standard InChI is InChI=1S/C10H7ClN2O4/c1-12-6-4-2-3-5(11)7(6)8(14)13(9(12)15)10(16)17/h2-4H,1H3,(H,16,17). The quantitative estimate of drug-likeness (QED) is 0.757. The lowest BCUT2D eigenvalue weighted by Gasteiger charge is -2.07. The van der Waals surface area contributed by atoms with Crippen molar-refractivity contribution in [3.63, 3.8) is 0 Å². The van der Waals surface area contributed by atoms with Crippen molar-refractivity contribution in [3.8, 4) is 0 Å². The van der Waals surface area contributed by atoms with E-state index in [4.69, 9.17) is 16.7 Å². The molecular weight excluding hydrogens is 248 g/mol. The van der Waals surface area contributed by atoms with Gasteiger partial charge in [-0.1, -0.05) is 17.7 Å². The monoisotopic (exact) mass is 254 g/mol. The number of hydrogen-bond donors (Lipinski definition) is 1. The van der Waals surface area contributed by atoms with Gasteiger partial charge in [-0.2, -0.15) is 4.57 Å². The zero-order valence-electron chi connectivity index (χ0n) is 8.68. The Morgan fingerprint density at radius 2 is 2.00 bits per heavy atom. The van der Waals surface area contributed by atoms with E-state index in [1.807, 2.05) is 0 Å². The van der Waals surface area contributed by atoms with E-state index in [1.54, 1.807) is 6.07 Å². The van der Waals surface area contributed by atoms with E-state index in [1.165, 1.54) is 19.2 Å². The lowest BCUT2D eigenvalue weighted by Crippen LogP contribution is -2.42. The summed E-state index contributed by atoms with van der Waals surface area (Å²) in [6, 6.07) is 4.56. The number of fused-ring (bicyclic) bond motifs is 1. The predicted octanol–water partition coefficient (Wildman–Crippen LogP) is 0.880. The van der Waals surface area contributed by atoms with E-state index in [2.05, 4.69) is 0 Å². The molecule has 1 aromatic carbocycles. The third kappa shape index (κ3) is 1.53. The lowest BCUT2D eigenvalue weighted by atomic mass is 10.2. The molecule has 0 saturated heterocycles. The van der Waals surface area contributed by atoms with E-state index >= 15 is 0 Å². The molecule has 0 spiro atoms. The van der Waals surface area contributed by atoms with Crippen molar-refractivity contribution in [2.45, 2.75) is 0 Å². The van der Waals surface area contributed by atoms with E-state index in [9.17, 15) is 14.4 Å². The molecule has 2 rings (SSSR count). The summed E-state index contributed by atoms with van der Waals surface area (Å²) < 4.78 is 1.20. The van der Waals surface area contributed by atoms with Crippen molar-refractivity contribution < 1.29 is 9.90 Å². The topological polar surface area (TPSA) is 81.3 Å². The van der Waals surface area contributed by atoms with Crippen LogP contribution in [0.2, 0.25) is 5.02 Å². The summed E-state index contributed by atoms with van der Waals surface area (Å²) in [7, 11) is 1.37. The van der Waals surface area contributed by atoms with Gasteiger partial charge in [0.15, 0.2) is 0 Å². The van der Waals surface area contributed by atoms with Crippen LogP contribution in [0.4, 0.5) is 4.79 Å². The Morgan fingerprint density at radius 3 is 2.59 bits per heavy atom. The number of aryl methyl sites for hydroxylation is 1. The van der Waals surface area contributed by atoms with Crippen molar-refractivity contribution in [1.29, 1.82) is 0 Å². The molecule has 1 heterocycles. The van der Waals surface area contributed by atoms with Gasteiger partial charge in [-0.3, -0.25) is 9.36 Å². The van der Waals surface area contributed by atoms with Crippen LogP contribution < -0.4 is 11.2 Å². The first kappa shape index (κ1) is 11.4. The number of aromatic nitrogens is 2. The predicted molar refractivity (Wildman–Crippen MR) is 61.9 cm³/mol. The molecule has 0 fully saturated rings. The van der Waals surface area contributed by atoms with E-state index in [0.717, 1.165) is 4.57 Å². The Hall–Kier alpha value is -2.08. The summed E-state index contributed by atoms with van der Waals surface area (Å²) in [5.74, 6) is 0. The molecular formula is C10H7ClN2O4. The van der Waals surface area contributed by atoms with Crippen LogP contribution in [0, 0.1) is 0 Å². The van der Waals surface area contributed by atoms with Crippen molar-refractivity contribution >= 4 is 28.6 Å². The maximum absolute atomic E-state index is 11.8. The Kier molecular flexibility index (Phi) is 2.51. The summed E-state index contributed by atoms with van der Waals surface area (Å²) in [5.41, 5.74) is -1.55. The Morgan fingerprint density at radius 1 is 1.35 bits per heavy atom. The third-order valence-corrected chi connectivity index (χ3v) is 2.75. The molecule has 6 nitrogen and oxygen atoms in total. The van der Waals surface area contributed by atoms with Gasteiger partial charge in [-0.15, -0.1) is 0 Å². The van der Waals surface area contributed by atoms with Gasteiger partial charge in [0.2, 0.25) is 0 Å². The summed E-state index contributed by atoms with van der Waals surface area (Å²) in [5, 5.41) is 8.95. The van der Waals surface area contributed by atoms with Crippen LogP contribution in [-0.4, -0.2) is 20.3 Å². The lowest BCUT2D eigenvalue weighted by molar-refractivity contribution is 0.193. The number of benzene rings is 1. The second-order valence-electron chi connectivity index (χ2n) is 3.40. The van der Waals surface area contributed by atoms with Crippen molar-refractivity contribution in [1.82, 2.24) is 9.13 Å². The third-order valence-electron chi connectivity index (χ3n) is 2.44. The van der Waals surface area contributed by atoms with Crippen molar-refractivity contribution in [2.24, 2.45) is 7.05 Å². The molecule has 0 bridgehead atoms. The van der Waals surface area contributed by atoms with Gasteiger partial charge in [0.05, 0.1) is 15.9 Å². The average Bonchev–Trinajstić information content (AvgIpc) is 2.25. The average molecular weight is 255 g/mol. The number of rotatable bonds is 0. The minimum atomic E-state index is -1.63. The maximum Gasteiger partial charge on any atom is 0.422 e. The highest BCUT2D eigenvalue weighted by Crippen LogP contribution is 2.17. The zero-order valence-corrected chi connectivity index (χ0v) is 9.43. The summed E-state index contributed by atoms with van der Waals surface area (Å²) in [6.45, 7) is 0. The highest BCUT2D eigenvalue weighted by Gasteiger charge is 2.17. The van der Waals surface area contributed by atoms with E-state index in [-0.39, 0.29) is 15.0 Å². The van der Waals surface area contributed by atoms with E-state index < -0.39 is 17.3 Å². The molecule has 0 radical (unpaired) electrons. The molecule has 0 saturated carbocycles. The normalized spacial score (nSPS) is 10.7. The van der Waals surface area contributed by atoms with Gasteiger partial charge >= 0.3 is 11.8 Å². The molecule has 2 aromatic rings. The molecule has 0 unspecified atom stereocenters. The van der Waals surface area contributed by atoms with Crippen LogP contribution in [0.1, 0.15) is 0 Å². The first-order chi connectivity index (χ1) is 7.95. The number of nitrogens with zero attached hydrogens (tertiary/aromatic N) is 2. The first-order valence-corrected chi connectivity index (χ1v) is 4.96. The zero-order chi connectivity index (χ0) is 12.7. The maximum atomic E-state index is 11.8. The fraction of sp³-hybridized carbons (Fsp3) is 0.100. The van der Waals surface area contributed by atoms with Gasteiger partial charge in [0.1, 0.15) is 0 Å². The molecule has 0 aliphatic heterocycles. The Bertz CT molecular complexity index is 744. The molecule has 1 aromatic heterocycles. The molecule has 0 aliphatic carbocycles. The fourth-order valence-electron chi connectivity index (χ4n) is 1.62. The second-order valence-corrected chi connectivity index (χ2v) is 3.81. The van der Waals surface area contributed by atoms with E-state index in [0.29, 0.717) is 5.52 Å². The van der Waals surface area contributed by atoms with Gasteiger partial charge in [-0.05, 0) is 12.1 Å². The molecule has 0 amide bonds. The minimum absolute atomic E-state index is 0.0127. The van der Waals surface area contributed by atoms with Gasteiger partial charge in [-0.25, -0.2) is 9.59 Å². The highest BCUT2D eigenvalue weighted by molar-refractivity contribution is 6.35. The van der Waals surface area contributed by atoms with Crippen LogP contribution in [0.15, 0.2) is 27.8 Å². The second kappa shape index (κ2) is 3.74. The smallest absolute Gasteiger partial charge is 0.422 e. The number of halogens is 1. The van der Waals surface area contributed by atoms with Gasteiger partial charge in [0, 0.05) is 7.05 Å². The van der Waals surface area contributed by atoms with Crippen LogP contribution in [0.5, 0.6) is 0 Å². The number of carboxylic acid groups (broad SMARTS) is 1. The summed E-state index contributed by atoms with van der Waals surface area (Å²) in [4.78, 5) is 34.4. The Labute approximate surface area is 99.3 Å². The SMILES string of the molecule is Cn1c(=O)n(C(=O)O)c(=O)c2c(Cl)cccc21. The largest absolute Gasteiger partial charge is 0.464 e. The van der Waals surface area contributed by atoms with Gasteiger partial charge in [0.25, 0.3) is 5.56 Å². The molecule has 0 aliphatic rings. The molecule has 7 heteroatoms. The summed E-state index contributed by atoms with van der Waals surface area (Å²) >= 11 is 5.84.